The van der Waals surface area contributed by atoms with E-state index < -0.39 is 0 Å². The molecule has 1 aliphatic carbocycles. The SMILES string of the molecule is Cc1cc(=O)cc(C(=O)N2CCCN(C3Cc4ccccc4C3)CC2)o1. The van der Waals surface area contributed by atoms with Gasteiger partial charge in [-0.2, -0.15) is 0 Å². The lowest BCUT2D eigenvalue weighted by Crippen LogP contribution is -2.40. The standard InChI is InChI=1S/C21H24N2O3/c1-15-11-19(24)14-20(26-15)21(25)23-8-4-7-22(9-10-23)18-12-16-5-2-3-6-17(16)13-18/h2-3,5-6,11,14,18H,4,7-10,12-13H2,1H3. The summed E-state index contributed by atoms with van der Waals surface area (Å²) in [5, 5.41) is 0. The molecule has 1 fully saturated rings. The van der Waals surface area contributed by atoms with Gasteiger partial charge in [0.05, 0.1) is 0 Å². The summed E-state index contributed by atoms with van der Waals surface area (Å²) in [4.78, 5) is 28.7. The van der Waals surface area contributed by atoms with E-state index in [-0.39, 0.29) is 17.1 Å². The highest BCUT2D eigenvalue weighted by Gasteiger charge is 2.29. The van der Waals surface area contributed by atoms with E-state index in [9.17, 15) is 9.59 Å². The fraction of sp³-hybridized carbons (Fsp3) is 0.429. The Kier molecular flexibility index (Phi) is 4.64. The number of hydrogen-bond acceptors (Lipinski definition) is 4. The highest BCUT2D eigenvalue weighted by atomic mass is 16.3. The Hall–Kier alpha value is -2.40. The van der Waals surface area contributed by atoms with Gasteiger partial charge in [0.2, 0.25) is 0 Å². The molecule has 2 heterocycles. The van der Waals surface area contributed by atoms with Crippen LogP contribution in [0.4, 0.5) is 0 Å². The topological polar surface area (TPSA) is 53.8 Å². The number of fused-ring (bicyclic) bond motifs is 1. The first-order chi connectivity index (χ1) is 12.6. The molecule has 0 radical (unpaired) electrons. The Labute approximate surface area is 153 Å². The second-order valence-electron chi connectivity index (χ2n) is 7.28. The van der Waals surface area contributed by atoms with Crippen LogP contribution in [-0.4, -0.2) is 47.9 Å². The van der Waals surface area contributed by atoms with Crippen LogP contribution in [0.2, 0.25) is 0 Å². The van der Waals surface area contributed by atoms with Crippen LogP contribution in [0.15, 0.2) is 45.6 Å². The van der Waals surface area contributed by atoms with Crippen LogP contribution >= 0.6 is 0 Å². The molecule has 1 aromatic carbocycles. The molecule has 0 unspecified atom stereocenters. The Morgan fingerprint density at radius 1 is 1.04 bits per heavy atom. The van der Waals surface area contributed by atoms with Crippen molar-refractivity contribution in [1.29, 1.82) is 0 Å². The molecule has 26 heavy (non-hydrogen) atoms. The highest BCUT2D eigenvalue weighted by molar-refractivity contribution is 5.91. The molecule has 5 heteroatoms. The third kappa shape index (κ3) is 3.44. The lowest BCUT2D eigenvalue weighted by Gasteiger charge is -2.27. The molecule has 0 atom stereocenters. The van der Waals surface area contributed by atoms with Gasteiger partial charge in [0.15, 0.2) is 11.2 Å². The first-order valence-corrected chi connectivity index (χ1v) is 9.32. The monoisotopic (exact) mass is 352 g/mol. The van der Waals surface area contributed by atoms with Crippen molar-refractivity contribution in [3.63, 3.8) is 0 Å². The van der Waals surface area contributed by atoms with Crippen molar-refractivity contribution in [3.05, 3.63) is 69.3 Å². The molecule has 1 amide bonds. The van der Waals surface area contributed by atoms with Crippen molar-refractivity contribution in [2.75, 3.05) is 26.2 Å². The molecule has 2 aromatic rings. The number of rotatable bonds is 2. The van der Waals surface area contributed by atoms with Gasteiger partial charge >= 0.3 is 0 Å². The minimum absolute atomic E-state index is 0.150. The number of amides is 1. The second kappa shape index (κ2) is 7.08. The van der Waals surface area contributed by atoms with Crippen LogP contribution in [0.3, 0.4) is 0 Å². The maximum absolute atomic E-state index is 12.7. The van der Waals surface area contributed by atoms with E-state index in [2.05, 4.69) is 29.2 Å². The number of benzene rings is 1. The molecular formula is C21H24N2O3. The van der Waals surface area contributed by atoms with Crippen molar-refractivity contribution < 1.29 is 9.21 Å². The molecule has 4 rings (SSSR count). The van der Waals surface area contributed by atoms with Crippen molar-refractivity contribution in [2.24, 2.45) is 0 Å². The van der Waals surface area contributed by atoms with Crippen molar-refractivity contribution in [1.82, 2.24) is 9.80 Å². The van der Waals surface area contributed by atoms with E-state index in [0.717, 1.165) is 32.4 Å². The highest BCUT2D eigenvalue weighted by Crippen LogP contribution is 2.26. The molecule has 0 bridgehead atoms. The summed E-state index contributed by atoms with van der Waals surface area (Å²) in [7, 11) is 0. The number of nitrogens with zero attached hydrogens (tertiary/aromatic N) is 2. The molecule has 5 nitrogen and oxygen atoms in total. The molecule has 136 valence electrons. The van der Waals surface area contributed by atoms with Crippen LogP contribution in [0.5, 0.6) is 0 Å². The first-order valence-electron chi connectivity index (χ1n) is 9.32. The zero-order chi connectivity index (χ0) is 18.1. The van der Waals surface area contributed by atoms with E-state index in [4.69, 9.17) is 4.42 Å². The summed E-state index contributed by atoms with van der Waals surface area (Å²) in [5.74, 6) is 0.445. The Bertz CT molecular complexity index is 849. The fourth-order valence-corrected chi connectivity index (χ4v) is 4.16. The number of hydrogen-bond donors (Lipinski definition) is 0. The summed E-state index contributed by atoms with van der Waals surface area (Å²) in [6.45, 7) is 4.93. The smallest absolute Gasteiger partial charge is 0.289 e. The van der Waals surface area contributed by atoms with Crippen LogP contribution < -0.4 is 5.43 Å². The zero-order valence-electron chi connectivity index (χ0n) is 15.1. The predicted octanol–water partition coefficient (Wildman–Crippen LogP) is 2.26. The summed E-state index contributed by atoms with van der Waals surface area (Å²) >= 11 is 0. The Morgan fingerprint density at radius 3 is 2.46 bits per heavy atom. The van der Waals surface area contributed by atoms with Crippen LogP contribution in [0.1, 0.15) is 33.9 Å². The molecule has 1 saturated heterocycles. The van der Waals surface area contributed by atoms with Crippen molar-refractivity contribution >= 4 is 5.91 Å². The van der Waals surface area contributed by atoms with Gasteiger partial charge in [0.25, 0.3) is 5.91 Å². The summed E-state index contributed by atoms with van der Waals surface area (Å²) in [6.07, 6.45) is 3.13. The average molecular weight is 352 g/mol. The fourth-order valence-electron chi connectivity index (χ4n) is 4.16. The van der Waals surface area contributed by atoms with Crippen LogP contribution in [0.25, 0.3) is 0 Å². The second-order valence-corrected chi connectivity index (χ2v) is 7.28. The molecule has 0 N–H and O–H groups in total. The largest absolute Gasteiger partial charge is 0.456 e. The van der Waals surface area contributed by atoms with Gasteiger partial charge in [0, 0.05) is 44.4 Å². The lowest BCUT2D eigenvalue weighted by molar-refractivity contribution is 0.0722. The number of aryl methyl sites for hydroxylation is 1. The van der Waals surface area contributed by atoms with E-state index in [1.165, 1.54) is 23.3 Å². The number of carbonyl (C=O) groups is 1. The zero-order valence-corrected chi connectivity index (χ0v) is 15.1. The van der Waals surface area contributed by atoms with Crippen molar-refractivity contribution in [2.45, 2.75) is 32.2 Å². The maximum Gasteiger partial charge on any atom is 0.289 e. The van der Waals surface area contributed by atoms with Gasteiger partial charge in [-0.3, -0.25) is 14.5 Å². The van der Waals surface area contributed by atoms with Gasteiger partial charge in [0.1, 0.15) is 5.76 Å². The molecule has 1 aromatic heterocycles. The van der Waals surface area contributed by atoms with Crippen LogP contribution in [-0.2, 0) is 12.8 Å². The third-order valence-corrected chi connectivity index (χ3v) is 5.46. The Morgan fingerprint density at radius 2 is 1.77 bits per heavy atom. The van der Waals surface area contributed by atoms with Gasteiger partial charge in [-0.15, -0.1) is 0 Å². The van der Waals surface area contributed by atoms with E-state index in [1.807, 2.05) is 4.90 Å². The molecule has 2 aliphatic rings. The molecular weight excluding hydrogens is 328 g/mol. The molecule has 1 aliphatic heterocycles. The summed E-state index contributed by atoms with van der Waals surface area (Å²) in [5.41, 5.74) is 2.73. The minimum Gasteiger partial charge on any atom is -0.456 e. The van der Waals surface area contributed by atoms with Crippen LogP contribution in [0, 0.1) is 6.92 Å². The molecule has 0 saturated carbocycles. The van der Waals surface area contributed by atoms with Crippen molar-refractivity contribution in [3.8, 4) is 0 Å². The van der Waals surface area contributed by atoms with E-state index in [1.54, 1.807) is 6.92 Å². The first kappa shape index (κ1) is 17.0. The Balaban J connectivity index is 1.42. The predicted molar refractivity (Wildman–Crippen MR) is 99.4 cm³/mol. The van der Waals surface area contributed by atoms with Gasteiger partial charge < -0.3 is 9.32 Å². The van der Waals surface area contributed by atoms with Gasteiger partial charge in [-0.05, 0) is 37.3 Å². The number of carbonyl (C=O) groups excluding carboxylic acids is 1. The quantitative estimate of drug-likeness (QED) is 0.832. The van der Waals surface area contributed by atoms with Gasteiger partial charge in [-0.25, -0.2) is 0 Å². The average Bonchev–Trinajstić information content (AvgIpc) is 2.90. The summed E-state index contributed by atoms with van der Waals surface area (Å²) in [6, 6.07) is 11.9. The minimum atomic E-state index is -0.183. The third-order valence-electron chi connectivity index (χ3n) is 5.46. The van der Waals surface area contributed by atoms with E-state index >= 15 is 0 Å². The van der Waals surface area contributed by atoms with Gasteiger partial charge in [-0.1, -0.05) is 24.3 Å². The van der Waals surface area contributed by atoms with E-state index in [0.29, 0.717) is 24.9 Å². The summed E-state index contributed by atoms with van der Waals surface area (Å²) < 4.78 is 5.48. The molecule has 0 spiro atoms. The normalized spacial score (nSPS) is 18.6. The lowest BCUT2D eigenvalue weighted by atomic mass is 10.1. The maximum atomic E-state index is 12.7.